The predicted octanol–water partition coefficient (Wildman–Crippen LogP) is 2.16. The third-order valence-corrected chi connectivity index (χ3v) is 2.35. The molecule has 0 bridgehead atoms. The van der Waals surface area contributed by atoms with Crippen molar-refractivity contribution in [3.63, 3.8) is 0 Å². The molecule has 1 atom stereocenters. The molecule has 0 aliphatic rings. The summed E-state index contributed by atoms with van der Waals surface area (Å²) in [5.41, 5.74) is 1.19. The topological polar surface area (TPSA) is 63.4 Å². The first kappa shape index (κ1) is 11.7. The van der Waals surface area contributed by atoms with E-state index in [4.69, 9.17) is 5.11 Å². The minimum absolute atomic E-state index is 0.119. The molecule has 1 N–H and O–H groups in total. The molecule has 15 heavy (non-hydrogen) atoms. The van der Waals surface area contributed by atoms with Crippen molar-refractivity contribution in [2.45, 2.75) is 19.8 Å². The first-order valence-corrected chi connectivity index (χ1v) is 4.97. The van der Waals surface area contributed by atoms with Gasteiger partial charge in [0.15, 0.2) is 0 Å². The number of hydrogen-bond acceptors (Lipinski definition) is 3. The minimum Gasteiger partial charge on any atom is -0.396 e. The van der Waals surface area contributed by atoms with Gasteiger partial charge >= 0.3 is 0 Å². The van der Waals surface area contributed by atoms with E-state index < -0.39 is 4.92 Å². The second kappa shape index (κ2) is 5.46. The maximum atomic E-state index is 10.4. The second-order valence-electron chi connectivity index (χ2n) is 3.75. The van der Waals surface area contributed by atoms with E-state index in [0.29, 0.717) is 5.92 Å². The number of benzene rings is 1. The molecule has 1 aromatic rings. The van der Waals surface area contributed by atoms with Crippen LogP contribution in [-0.2, 0) is 6.42 Å². The van der Waals surface area contributed by atoms with Crippen LogP contribution in [0.1, 0.15) is 18.9 Å². The van der Waals surface area contributed by atoms with Crippen LogP contribution >= 0.6 is 0 Å². The number of aliphatic hydroxyl groups is 1. The van der Waals surface area contributed by atoms with Gasteiger partial charge in [-0.15, -0.1) is 0 Å². The van der Waals surface area contributed by atoms with Crippen LogP contribution in [-0.4, -0.2) is 16.6 Å². The molecule has 0 aliphatic heterocycles. The molecule has 0 unspecified atom stereocenters. The van der Waals surface area contributed by atoms with Crippen LogP contribution in [0.3, 0.4) is 0 Å². The zero-order valence-corrected chi connectivity index (χ0v) is 8.72. The van der Waals surface area contributed by atoms with Crippen LogP contribution in [0.5, 0.6) is 0 Å². The van der Waals surface area contributed by atoms with E-state index in [2.05, 4.69) is 6.92 Å². The highest BCUT2D eigenvalue weighted by atomic mass is 16.6. The summed E-state index contributed by atoms with van der Waals surface area (Å²) in [6.45, 7) is 2.24. The summed E-state index contributed by atoms with van der Waals surface area (Å²) in [4.78, 5) is 10.0. The minimum atomic E-state index is -0.402. The first-order chi connectivity index (χ1) is 7.13. The lowest BCUT2D eigenvalue weighted by Crippen LogP contribution is -2.02. The summed E-state index contributed by atoms with van der Waals surface area (Å²) in [6.07, 6.45) is 1.61. The summed E-state index contributed by atoms with van der Waals surface area (Å²) in [6, 6.07) is 6.57. The number of nitrogens with zero attached hydrogens (tertiary/aromatic N) is 1. The van der Waals surface area contributed by atoms with E-state index in [9.17, 15) is 10.1 Å². The molecular formula is C11H15NO3. The Morgan fingerprint density at radius 3 is 2.47 bits per heavy atom. The molecule has 4 heteroatoms. The smallest absolute Gasteiger partial charge is 0.269 e. The van der Waals surface area contributed by atoms with Gasteiger partial charge in [-0.1, -0.05) is 19.1 Å². The number of non-ortho nitro benzene ring substituents is 1. The zero-order chi connectivity index (χ0) is 11.3. The Kier molecular flexibility index (Phi) is 4.24. The van der Waals surface area contributed by atoms with Crippen LogP contribution in [0.25, 0.3) is 0 Å². The standard InChI is InChI=1S/C11H15NO3/c1-9(6-7-13)8-10-2-4-11(5-3-10)12(14)15/h2-5,9,13H,6-8H2,1H3/t9-/m1/s1. The van der Waals surface area contributed by atoms with Gasteiger partial charge < -0.3 is 5.11 Å². The van der Waals surface area contributed by atoms with E-state index in [1.807, 2.05) is 0 Å². The number of nitro groups is 1. The van der Waals surface area contributed by atoms with Crippen molar-refractivity contribution in [1.29, 1.82) is 0 Å². The lowest BCUT2D eigenvalue weighted by molar-refractivity contribution is -0.384. The van der Waals surface area contributed by atoms with E-state index in [1.165, 1.54) is 12.1 Å². The highest BCUT2D eigenvalue weighted by Crippen LogP contribution is 2.16. The van der Waals surface area contributed by atoms with Gasteiger partial charge in [0.25, 0.3) is 5.69 Å². The molecule has 82 valence electrons. The maximum absolute atomic E-state index is 10.4. The van der Waals surface area contributed by atoms with Gasteiger partial charge in [-0.25, -0.2) is 0 Å². The van der Waals surface area contributed by atoms with Crippen LogP contribution in [0.2, 0.25) is 0 Å². The first-order valence-electron chi connectivity index (χ1n) is 4.97. The predicted molar refractivity (Wildman–Crippen MR) is 57.7 cm³/mol. The summed E-state index contributed by atoms with van der Waals surface area (Å²) < 4.78 is 0. The number of nitro benzene ring substituents is 1. The summed E-state index contributed by atoms with van der Waals surface area (Å²) in [5.74, 6) is 0.399. The maximum Gasteiger partial charge on any atom is 0.269 e. The molecular weight excluding hydrogens is 194 g/mol. The molecule has 0 radical (unpaired) electrons. The van der Waals surface area contributed by atoms with Crippen molar-refractivity contribution < 1.29 is 10.0 Å². The molecule has 0 heterocycles. The molecule has 0 spiro atoms. The fourth-order valence-electron chi connectivity index (χ4n) is 1.48. The SMILES string of the molecule is C[C@H](CCO)Cc1ccc([N+](=O)[O-])cc1. The normalized spacial score (nSPS) is 12.4. The highest BCUT2D eigenvalue weighted by molar-refractivity contribution is 5.32. The van der Waals surface area contributed by atoms with Crippen LogP contribution in [0.15, 0.2) is 24.3 Å². The second-order valence-corrected chi connectivity index (χ2v) is 3.75. The van der Waals surface area contributed by atoms with Crippen molar-refractivity contribution >= 4 is 5.69 Å². The van der Waals surface area contributed by atoms with Crippen LogP contribution in [0.4, 0.5) is 5.69 Å². The van der Waals surface area contributed by atoms with Gasteiger partial charge in [-0.05, 0) is 24.3 Å². The third-order valence-electron chi connectivity index (χ3n) is 2.35. The van der Waals surface area contributed by atoms with E-state index >= 15 is 0 Å². The molecule has 4 nitrogen and oxygen atoms in total. The Balaban J connectivity index is 2.60. The van der Waals surface area contributed by atoms with Crippen LogP contribution in [0, 0.1) is 16.0 Å². The van der Waals surface area contributed by atoms with Crippen molar-refractivity contribution in [2.24, 2.45) is 5.92 Å². The third kappa shape index (κ3) is 3.67. The van der Waals surface area contributed by atoms with Crippen molar-refractivity contribution in [3.05, 3.63) is 39.9 Å². The van der Waals surface area contributed by atoms with Gasteiger partial charge in [0.05, 0.1) is 4.92 Å². The summed E-state index contributed by atoms with van der Waals surface area (Å²) in [7, 11) is 0. The Morgan fingerprint density at radius 2 is 2.00 bits per heavy atom. The Morgan fingerprint density at radius 1 is 1.40 bits per heavy atom. The fraction of sp³-hybridized carbons (Fsp3) is 0.455. The van der Waals surface area contributed by atoms with Gasteiger partial charge in [0.2, 0.25) is 0 Å². The Labute approximate surface area is 88.7 Å². The molecule has 0 amide bonds. The molecule has 0 saturated carbocycles. The summed E-state index contributed by atoms with van der Waals surface area (Å²) in [5, 5.41) is 19.2. The quantitative estimate of drug-likeness (QED) is 0.597. The summed E-state index contributed by atoms with van der Waals surface area (Å²) >= 11 is 0. The number of hydrogen-bond donors (Lipinski definition) is 1. The van der Waals surface area contributed by atoms with E-state index in [0.717, 1.165) is 18.4 Å². The zero-order valence-electron chi connectivity index (χ0n) is 8.72. The number of rotatable bonds is 5. The van der Waals surface area contributed by atoms with Gasteiger partial charge in [-0.2, -0.15) is 0 Å². The van der Waals surface area contributed by atoms with E-state index in [-0.39, 0.29) is 12.3 Å². The molecule has 1 aromatic carbocycles. The number of aliphatic hydroxyl groups excluding tert-OH is 1. The highest BCUT2D eigenvalue weighted by Gasteiger charge is 2.06. The van der Waals surface area contributed by atoms with Gasteiger partial charge in [-0.3, -0.25) is 10.1 Å². The Bertz CT molecular complexity index is 321. The molecule has 0 aromatic heterocycles. The van der Waals surface area contributed by atoms with Crippen molar-refractivity contribution in [1.82, 2.24) is 0 Å². The average molecular weight is 209 g/mol. The fourth-order valence-corrected chi connectivity index (χ4v) is 1.48. The van der Waals surface area contributed by atoms with Crippen molar-refractivity contribution in [3.8, 4) is 0 Å². The molecule has 0 saturated heterocycles. The molecule has 1 rings (SSSR count). The molecule has 0 aliphatic carbocycles. The lowest BCUT2D eigenvalue weighted by atomic mass is 9.98. The van der Waals surface area contributed by atoms with Gasteiger partial charge in [0, 0.05) is 18.7 Å². The Hall–Kier alpha value is -1.42. The largest absolute Gasteiger partial charge is 0.396 e. The van der Waals surface area contributed by atoms with E-state index in [1.54, 1.807) is 12.1 Å². The van der Waals surface area contributed by atoms with Gasteiger partial charge in [0.1, 0.15) is 0 Å². The van der Waals surface area contributed by atoms with Crippen LogP contribution < -0.4 is 0 Å². The lowest BCUT2D eigenvalue weighted by Gasteiger charge is -2.08. The average Bonchev–Trinajstić information content (AvgIpc) is 2.18. The monoisotopic (exact) mass is 209 g/mol. The van der Waals surface area contributed by atoms with Crippen molar-refractivity contribution in [2.75, 3.05) is 6.61 Å². The molecule has 0 fully saturated rings.